The number of nitrogens with zero attached hydrogens (tertiary/aromatic N) is 3. The van der Waals surface area contributed by atoms with Gasteiger partial charge in [0.2, 0.25) is 5.89 Å². The van der Waals surface area contributed by atoms with Gasteiger partial charge in [-0.2, -0.15) is 10.2 Å². The van der Waals surface area contributed by atoms with Gasteiger partial charge in [0, 0.05) is 13.0 Å². The SMILES string of the molecule is N#CCc1nc(CC2CCCO2)no1. The molecule has 5 nitrogen and oxygen atoms in total. The number of nitriles is 1. The highest BCUT2D eigenvalue weighted by atomic mass is 16.5. The van der Waals surface area contributed by atoms with E-state index in [9.17, 15) is 0 Å². The average Bonchev–Trinajstić information content (AvgIpc) is 2.79. The molecular formula is C9H11N3O2. The predicted octanol–water partition coefficient (Wildman–Crippen LogP) is 0.857. The van der Waals surface area contributed by atoms with E-state index in [-0.39, 0.29) is 12.5 Å². The summed E-state index contributed by atoms with van der Waals surface area (Å²) in [5, 5.41) is 12.2. The maximum absolute atomic E-state index is 8.41. The minimum Gasteiger partial charge on any atom is -0.378 e. The van der Waals surface area contributed by atoms with Crippen LogP contribution in [0.15, 0.2) is 4.52 Å². The summed E-state index contributed by atoms with van der Waals surface area (Å²) in [6.07, 6.45) is 3.26. The van der Waals surface area contributed by atoms with E-state index in [0.29, 0.717) is 18.1 Å². The fourth-order valence-electron chi connectivity index (χ4n) is 1.52. The Morgan fingerprint density at radius 2 is 2.50 bits per heavy atom. The zero-order chi connectivity index (χ0) is 9.80. The van der Waals surface area contributed by atoms with E-state index in [2.05, 4.69) is 10.1 Å². The largest absolute Gasteiger partial charge is 0.378 e. The second-order valence-corrected chi connectivity index (χ2v) is 3.28. The molecule has 0 bridgehead atoms. The first-order valence-electron chi connectivity index (χ1n) is 4.68. The van der Waals surface area contributed by atoms with Crippen molar-refractivity contribution in [3.63, 3.8) is 0 Å². The van der Waals surface area contributed by atoms with Crippen molar-refractivity contribution in [1.82, 2.24) is 10.1 Å². The monoisotopic (exact) mass is 193 g/mol. The van der Waals surface area contributed by atoms with E-state index in [1.165, 1.54) is 0 Å². The fraction of sp³-hybridized carbons (Fsp3) is 0.667. The lowest BCUT2D eigenvalue weighted by Gasteiger charge is -2.03. The second kappa shape index (κ2) is 4.20. The molecule has 2 heterocycles. The minimum atomic E-state index is 0.179. The Morgan fingerprint density at radius 3 is 3.21 bits per heavy atom. The minimum absolute atomic E-state index is 0.179. The zero-order valence-electron chi connectivity index (χ0n) is 7.77. The van der Waals surface area contributed by atoms with Gasteiger partial charge in [0.25, 0.3) is 0 Å². The molecule has 74 valence electrons. The van der Waals surface area contributed by atoms with Crippen LogP contribution in [-0.4, -0.2) is 22.9 Å². The first kappa shape index (κ1) is 9.16. The first-order chi connectivity index (χ1) is 6.88. The van der Waals surface area contributed by atoms with Crippen molar-refractivity contribution in [1.29, 1.82) is 5.26 Å². The Bertz CT molecular complexity index is 336. The molecule has 1 unspecified atom stereocenters. The summed E-state index contributed by atoms with van der Waals surface area (Å²) in [4.78, 5) is 4.08. The highest BCUT2D eigenvalue weighted by Crippen LogP contribution is 2.15. The molecule has 0 spiro atoms. The van der Waals surface area contributed by atoms with Crippen LogP contribution in [0.5, 0.6) is 0 Å². The molecule has 0 N–H and O–H groups in total. The van der Waals surface area contributed by atoms with E-state index >= 15 is 0 Å². The van der Waals surface area contributed by atoms with Gasteiger partial charge in [0.05, 0.1) is 12.2 Å². The molecule has 0 amide bonds. The Kier molecular flexibility index (Phi) is 2.75. The third kappa shape index (κ3) is 2.09. The fourth-order valence-corrected chi connectivity index (χ4v) is 1.52. The predicted molar refractivity (Wildman–Crippen MR) is 46.3 cm³/mol. The summed E-state index contributed by atoms with van der Waals surface area (Å²) in [5.41, 5.74) is 0. The molecule has 0 saturated carbocycles. The van der Waals surface area contributed by atoms with E-state index < -0.39 is 0 Å². The van der Waals surface area contributed by atoms with Gasteiger partial charge in [-0.15, -0.1) is 0 Å². The molecule has 2 rings (SSSR count). The van der Waals surface area contributed by atoms with Crippen molar-refractivity contribution in [2.75, 3.05) is 6.61 Å². The lowest BCUT2D eigenvalue weighted by Crippen LogP contribution is -2.09. The average molecular weight is 193 g/mol. The van der Waals surface area contributed by atoms with E-state index in [1.807, 2.05) is 6.07 Å². The van der Waals surface area contributed by atoms with E-state index in [4.69, 9.17) is 14.5 Å². The molecular weight excluding hydrogens is 182 g/mol. The highest BCUT2D eigenvalue weighted by molar-refractivity contribution is 4.94. The lowest BCUT2D eigenvalue weighted by atomic mass is 10.2. The van der Waals surface area contributed by atoms with Crippen LogP contribution >= 0.6 is 0 Å². The van der Waals surface area contributed by atoms with Crippen molar-refractivity contribution in [3.8, 4) is 6.07 Å². The molecule has 14 heavy (non-hydrogen) atoms. The smallest absolute Gasteiger partial charge is 0.240 e. The number of hydrogen-bond donors (Lipinski definition) is 0. The van der Waals surface area contributed by atoms with Gasteiger partial charge in [-0.05, 0) is 12.8 Å². The Balaban J connectivity index is 1.92. The molecule has 0 radical (unpaired) electrons. The third-order valence-electron chi connectivity index (χ3n) is 2.17. The maximum Gasteiger partial charge on any atom is 0.240 e. The van der Waals surface area contributed by atoms with Crippen molar-refractivity contribution in [2.45, 2.75) is 31.8 Å². The summed E-state index contributed by atoms with van der Waals surface area (Å²) in [6, 6.07) is 1.96. The molecule has 0 aromatic carbocycles. The molecule has 1 aromatic rings. The van der Waals surface area contributed by atoms with Crippen LogP contribution in [0.4, 0.5) is 0 Å². The van der Waals surface area contributed by atoms with Crippen LogP contribution in [0.25, 0.3) is 0 Å². The van der Waals surface area contributed by atoms with E-state index in [0.717, 1.165) is 19.4 Å². The van der Waals surface area contributed by atoms with Gasteiger partial charge >= 0.3 is 0 Å². The summed E-state index contributed by atoms with van der Waals surface area (Å²) in [6.45, 7) is 0.827. The summed E-state index contributed by atoms with van der Waals surface area (Å²) < 4.78 is 10.3. The molecule has 0 aliphatic carbocycles. The van der Waals surface area contributed by atoms with Crippen LogP contribution in [0, 0.1) is 11.3 Å². The Morgan fingerprint density at radius 1 is 1.57 bits per heavy atom. The molecule has 1 aliphatic heterocycles. The number of aromatic nitrogens is 2. The van der Waals surface area contributed by atoms with Crippen molar-refractivity contribution in [3.05, 3.63) is 11.7 Å². The summed E-state index contributed by atoms with van der Waals surface area (Å²) in [7, 11) is 0. The number of ether oxygens (including phenoxy) is 1. The second-order valence-electron chi connectivity index (χ2n) is 3.28. The Labute approximate surface area is 81.7 Å². The zero-order valence-corrected chi connectivity index (χ0v) is 7.77. The summed E-state index contributed by atoms with van der Waals surface area (Å²) in [5.74, 6) is 1.03. The molecule has 1 aromatic heterocycles. The normalized spacial score (nSPS) is 20.9. The molecule has 1 aliphatic rings. The van der Waals surface area contributed by atoms with Crippen LogP contribution in [-0.2, 0) is 17.6 Å². The van der Waals surface area contributed by atoms with Crippen LogP contribution in [0.1, 0.15) is 24.6 Å². The van der Waals surface area contributed by atoms with Gasteiger partial charge < -0.3 is 9.26 Å². The van der Waals surface area contributed by atoms with Crippen LogP contribution < -0.4 is 0 Å². The molecule has 5 heteroatoms. The highest BCUT2D eigenvalue weighted by Gasteiger charge is 2.18. The quantitative estimate of drug-likeness (QED) is 0.711. The van der Waals surface area contributed by atoms with Crippen molar-refractivity contribution < 1.29 is 9.26 Å². The molecule has 1 atom stereocenters. The Hall–Kier alpha value is -1.41. The molecule has 1 saturated heterocycles. The lowest BCUT2D eigenvalue weighted by molar-refractivity contribution is 0.109. The first-order valence-corrected chi connectivity index (χ1v) is 4.68. The van der Waals surface area contributed by atoms with Crippen LogP contribution in [0.2, 0.25) is 0 Å². The number of hydrogen-bond acceptors (Lipinski definition) is 5. The van der Waals surface area contributed by atoms with Crippen molar-refractivity contribution >= 4 is 0 Å². The van der Waals surface area contributed by atoms with Gasteiger partial charge in [-0.3, -0.25) is 0 Å². The van der Waals surface area contributed by atoms with Gasteiger partial charge in [-0.1, -0.05) is 5.16 Å². The van der Waals surface area contributed by atoms with E-state index in [1.54, 1.807) is 0 Å². The van der Waals surface area contributed by atoms with Gasteiger partial charge in [0.15, 0.2) is 5.82 Å². The standard InChI is InChI=1S/C9H11N3O2/c10-4-3-9-11-8(12-14-9)6-7-2-1-5-13-7/h7H,1-3,5-6H2. The van der Waals surface area contributed by atoms with Crippen molar-refractivity contribution in [2.24, 2.45) is 0 Å². The van der Waals surface area contributed by atoms with Gasteiger partial charge in [-0.25, -0.2) is 0 Å². The molecule has 1 fully saturated rings. The topological polar surface area (TPSA) is 71.9 Å². The third-order valence-corrected chi connectivity index (χ3v) is 2.17. The maximum atomic E-state index is 8.41. The summed E-state index contributed by atoms with van der Waals surface area (Å²) >= 11 is 0. The van der Waals surface area contributed by atoms with Gasteiger partial charge in [0.1, 0.15) is 6.42 Å². The van der Waals surface area contributed by atoms with Crippen LogP contribution in [0.3, 0.4) is 0 Å². The number of rotatable bonds is 3.